The minimum Gasteiger partial charge on any atom is -0.381 e. The number of hydrogen-bond donors (Lipinski definition) is 1. The normalized spacial score (nSPS) is 26.6. The fourth-order valence-electron chi connectivity index (χ4n) is 3.68. The lowest BCUT2D eigenvalue weighted by atomic mass is 9.83. The van der Waals surface area contributed by atoms with E-state index in [4.69, 9.17) is 9.47 Å². The molecule has 2 atom stereocenters. The van der Waals surface area contributed by atoms with Crippen molar-refractivity contribution in [3.05, 3.63) is 35.9 Å². The zero-order valence-electron chi connectivity index (χ0n) is 13.0. The van der Waals surface area contributed by atoms with Gasteiger partial charge in [0.2, 0.25) is 0 Å². The fraction of sp³-hybridized carbons (Fsp3) is 0.667. The van der Waals surface area contributed by atoms with Crippen LogP contribution >= 0.6 is 0 Å². The summed E-state index contributed by atoms with van der Waals surface area (Å²) >= 11 is 0. The van der Waals surface area contributed by atoms with Crippen molar-refractivity contribution in [2.24, 2.45) is 0 Å². The molecule has 2 aliphatic heterocycles. The third-order valence-corrected chi connectivity index (χ3v) is 4.94. The van der Waals surface area contributed by atoms with Gasteiger partial charge >= 0.3 is 0 Å². The number of nitrogens with one attached hydrogen (secondary N) is 1. The van der Waals surface area contributed by atoms with Gasteiger partial charge < -0.3 is 14.8 Å². The lowest BCUT2D eigenvalue weighted by Crippen LogP contribution is -2.50. The Hall–Kier alpha value is -0.900. The van der Waals surface area contributed by atoms with E-state index in [9.17, 15) is 0 Å². The Labute approximate surface area is 128 Å². The smallest absolute Gasteiger partial charge is 0.0741 e. The molecule has 1 spiro atoms. The van der Waals surface area contributed by atoms with Gasteiger partial charge in [-0.05, 0) is 37.7 Å². The molecule has 0 aromatic heterocycles. The molecule has 2 fully saturated rings. The molecule has 1 aromatic carbocycles. The van der Waals surface area contributed by atoms with Gasteiger partial charge in [-0.3, -0.25) is 0 Å². The lowest BCUT2D eigenvalue weighted by Gasteiger charge is -2.44. The molecule has 0 radical (unpaired) electrons. The third kappa shape index (κ3) is 3.65. The number of rotatable bonds is 4. The van der Waals surface area contributed by atoms with Gasteiger partial charge in [-0.25, -0.2) is 0 Å². The highest BCUT2D eigenvalue weighted by Gasteiger charge is 2.39. The van der Waals surface area contributed by atoms with Crippen molar-refractivity contribution in [2.45, 2.75) is 56.7 Å². The molecule has 2 unspecified atom stereocenters. The summed E-state index contributed by atoms with van der Waals surface area (Å²) < 4.78 is 11.6. The van der Waals surface area contributed by atoms with Crippen molar-refractivity contribution in [3.8, 4) is 0 Å². The monoisotopic (exact) mass is 289 g/mol. The predicted molar refractivity (Wildman–Crippen MR) is 84.4 cm³/mol. The molecule has 0 amide bonds. The van der Waals surface area contributed by atoms with E-state index in [0.29, 0.717) is 12.1 Å². The highest BCUT2D eigenvalue weighted by atomic mass is 16.5. The van der Waals surface area contributed by atoms with E-state index in [-0.39, 0.29) is 5.60 Å². The fourth-order valence-corrected chi connectivity index (χ4v) is 3.68. The van der Waals surface area contributed by atoms with Crippen LogP contribution in [-0.2, 0) is 9.47 Å². The van der Waals surface area contributed by atoms with Gasteiger partial charge in [0.1, 0.15) is 0 Å². The molecule has 3 nitrogen and oxygen atoms in total. The molecule has 0 saturated carbocycles. The molecule has 0 aliphatic carbocycles. The van der Waals surface area contributed by atoms with Crippen LogP contribution in [0.25, 0.3) is 0 Å². The van der Waals surface area contributed by atoms with Crippen LogP contribution in [0.4, 0.5) is 0 Å². The molecule has 2 aliphatic rings. The second-order valence-electron chi connectivity index (χ2n) is 6.37. The van der Waals surface area contributed by atoms with Crippen molar-refractivity contribution in [3.63, 3.8) is 0 Å². The van der Waals surface area contributed by atoms with E-state index < -0.39 is 0 Å². The maximum absolute atomic E-state index is 6.14. The molecule has 2 heterocycles. The SMILES string of the molecule is CCC(NC1CCOC2(CCOCC2)C1)c1ccccc1. The largest absolute Gasteiger partial charge is 0.381 e. The Kier molecular flexibility index (Phi) is 4.94. The van der Waals surface area contributed by atoms with E-state index in [1.54, 1.807) is 0 Å². The van der Waals surface area contributed by atoms with Crippen molar-refractivity contribution < 1.29 is 9.47 Å². The highest BCUT2D eigenvalue weighted by Crippen LogP contribution is 2.35. The van der Waals surface area contributed by atoms with Crippen LogP contribution in [0, 0.1) is 0 Å². The Bertz CT molecular complexity index is 423. The molecular formula is C18H27NO2. The summed E-state index contributed by atoms with van der Waals surface area (Å²) in [5.41, 5.74) is 1.47. The first kappa shape index (κ1) is 15.0. The average Bonchev–Trinajstić information content (AvgIpc) is 2.54. The van der Waals surface area contributed by atoms with Crippen LogP contribution in [0.1, 0.15) is 50.6 Å². The van der Waals surface area contributed by atoms with Crippen LogP contribution in [0.2, 0.25) is 0 Å². The molecule has 1 aromatic rings. The minimum absolute atomic E-state index is 0.0726. The summed E-state index contributed by atoms with van der Waals surface area (Å²) in [6.45, 7) is 4.84. The zero-order valence-corrected chi connectivity index (χ0v) is 13.0. The first-order chi connectivity index (χ1) is 10.3. The van der Waals surface area contributed by atoms with E-state index in [1.165, 1.54) is 5.56 Å². The molecule has 3 heteroatoms. The zero-order chi connectivity index (χ0) is 14.5. The minimum atomic E-state index is 0.0726. The van der Waals surface area contributed by atoms with Crippen LogP contribution in [0.3, 0.4) is 0 Å². The molecule has 2 saturated heterocycles. The van der Waals surface area contributed by atoms with Gasteiger partial charge in [-0.1, -0.05) is 37.3 Å². The van der Waals surface area contributed by atoms with Gasteiger partial charge in [-0.15, -0.1) is 0 Å². The maximum atomic E-state index is 6.14. The van der Waals surface area contributed by atoms with Crippen molar-refractivity contribution in [1.29, 1.82) is 0 Å². The number of benzene rings is 1. The summed E-state index contributed by atoms with van der Waals surface area (Å²) in [5.74, 6) is 0. The Morgan fingerprint density at radius 3 is 2.67 bits per heavy atom. The molecule has 116 valence electrons. The van der Waals surface area contributed by atoms with Crippen molar-refractivity contribution in [2.75, 3.05) is 19.8 Å². The van der Waals surface area contributed by atoms with Gasteiger partial charge in [-0.2, -0.15) is 0 Å². The van der Waals surface area contributed by atoms with Crippen molar-refractivity contribution >= 4 is 0 Å². The predicted octanol–water partition coefficient (Wildman–Crippen LogP) is 3.46. The maximum Gasteiger partial charge on any atom is 0.0741 e. The van der Waals surface area contributed by atoms with Crippen LogP contribution in [0.15, 0.2) is 30.3 Å². The molecule has 1 N–H and O–H groups in total. The van der Waals surface area contributed by atoms with Crippen LogP contribution in [0.5, 0.6) is 0 Å². The highest BCUT2D eigenvalue weighted by molar-refractivity contribution is 5.19. The third-order valence-electron chi connectivity index (χ3n) is 4.94. The van der Waals surface area contributed by atoms with Gasteiger partial charge in [0, 0.05) is 31.9 Å². The van der Waals surface area contributed by atoms with Crippen LogP contribution < -0.4 is 5.32 Å². The second-order valence-corrected chi connectivity index (χ2v) is 6.37. The second kappa shape index (κ2) is 6.91. The van der Waals surface area contributed by atoms with Crippen LogP contribution in [-0.4, -0.2) is 31.5 Å². The summed E-state index contributed by atoms with van der Waals surface area (Å²) in [6, 6.07) is 11.8. The number of hydrogen-bond acceptors (Lipinski definition) is 3. The number of ether oxygens (including phenoxy) is 2. The first-order valence-corrected chi connectivity index (χ1v) is 8.34. The Morgan fingerprint density at radius 2 is 1.95 bits per heavy atom. The van der Waals surface area contributed by atoms with Gasteiger partial charge in [0.05, 0.1) is 5.60 Å². The molecular weight excluding hydrogens is 262 g/mol. The first-order valence-electron chi connectivity index (χ1n) is 8.34. The average molecular weight is 289 g/mol. The summed E-state index contributed by atoms with van der Waals surface area (Å²) in [5, 5.41) is 3.87. The van der Waals surface area contributed by atoms with E-state index in [2.05, 4.69) is 42.6 Å². The van der Waals surface area contributed by atoms with E-state index in [0.717, 1.165) is 51.9 Å². The Balaban J connectivity index is 1.63. The van der Waals surface area contributed by atoms with Crippen molar-refractivity contribution in [1.82, 2.24) is 5.32 Å². The standard InChI is InChI=1S/C18H27NO2/c1-2-17(15-6-4-3-5-7-15)19-16-8-11-21-18(14-16)9-12-20-13-10-18/h3-7,16-17,19H,2,8-14H2,1H3. The van der Waals surface area contributed by atoms with E-state index in [1.807, 2.05) is 0 Å². The van der Waals surface area contributed by atoms with Gasteiger partial charge in [0.25, 0.3) is 0 Å². The molecule has 21 heavy (non-hydrogen) atoms. The Morgan fingerprint density at radius 1 is 1.19 bits per heavy atom. The molecule has 3 rings (SSSR count). The summed E-state index contributed by atoms with van der Waals surface area (Å²) in [7, 11) is 0. The van der Waals surface area contributed by atoms with E-state index >= 15 is 0 Å². The quantitative estimate of drug-likeness (QED) is 0.921. The lowest BCUT2D eigenvalue weighted by molar-refractivity contribution is -0.141. The summed E-state index contributed by atoms with van der Waals surface area (Å²) in [4.78, 5) is 0. The summed E-state index contributed by atoms with van der Waals surface area (Å²) in [6.07, 6.45) is 5.46. The molecule has 0 bridgehead atoms. The topological polar surface area (TPSA) is 30.5 Å². The van der Waals surface area contributed by atoms with Gasteiger partial charge in [0.15, 0.2) is 0 Å².